The van der Waals surface area contributed by atoms with E-state index in [1.54, 1.807) is 18.4 Å². The Labute approximate surface area is 131 Å². The Bertz CT molecular complexity index is 481. The summed E-state index contributed by atoms with van der Waals surface area (Å²) < 4.78 is 5.05. The Balaban J connectivity index is 1.96. The predicted molar refractivity (Wildman–Crippen MR) is 89.5 cm³/mol. The summed E-state index contributed by atoms with van der Waals surface area (Å²) in [6, 6.07) is 0. The van der Waals surface area contributed by atoms with Gasteiger partial charge in [0, 0.05) is 32.2 Å². The van der Waals surface area contributed by atoms with Crippen LogP contribution in [0.5, 0.6) is 0 Å². The predicted octanol–water partition coefficient (Wildman–Crippen LogP) is 4.03. The van der Waals surface area contributed by atoms with Crippen LogP contribution in [0, 0.1) is 0 Å². The van der Waals surface area contributed by atoms with Crippen LogP contribution < -0.4 is 11.1 Å². The number of carbonyl (C=O) groups excluding carboxylic acids is 1. The summed E-state index contributed by atoms with van der Waals surface area (Å²) >= 11 is 1.55. The number of rotatable bonds is 10. The highest BCUT2D eigenvalue weighted by molar-refractivity contribution is 7.18. The fourth-order valence-electron chi connectivity index (χ4n) is 2.48. The molecule has 0 aliphatic heterocycles. The summed E-state index contributed by atoms with van der Waals surface area (Å²) in [6.45, 7) is 3.65. The second-order valence-electron chi connectivity index (χ2n) is 5.62. The normalized spacial score (nSPS) is 14.4. The summed E-state index contributed by atoms with van der Waals surface area (Å²) in [5, 5.41) is 4.62. The van der Waals surface area contributed by atoms with E-state index in [1.807, 2.05) is 6.92 Å². The molecule has 1 aromatic rings. The van der Waals surface area contributed by atoms with Crippen LogP contribution in [0.3, 0.4) is 0 Å². The Hall–Kier alpha value is -1.07. The highest BCUT2D eigenvalue weighted by Crippen LogP contribution is 2.51. The van der Waals surface area contributed by atoms with Crippen LogP contribution in [0.25, 0.3) is 0 Å². The van der Waals surface area contributed by atoms with Crippen molar-refractivity contribution in [3.8, 4) is 0 Å². The molecule has 0 atom stereocenters. The van der Waals surface area contributed by atoms with Gasteiger partial charge in [0.2, 0.25) is 0 Å². The van der Waals surface area contributed by atoms with Crippen molar-refractivity contribution in [2.75, 3.05) is 31.3 Å². The van der Waals surface area contributed by atoms with Crippen molar-refractivity contribution in [1.82, 2.24) is 0 Å². The van der Waals surface area contributed by atoms with E-state index < -0.39 is 0 Å². The van der Waals surface area contributed by atoms with Gasteiger partial charge in [-0.05, 0) is 38.0 Å². The molecule has 0 radical (unpaired) electrons. The average Bonchev–Trinajstić information content (AvgIpc) is 3.26. The van der Waals surface area contributed by atoms with Crippen molar-refractivity contribution in [3.05, 3.63) is 10.4 Å². The number of nitrogens with two attached hydrogens (primary N) is 1. The molecule has 0 unspecified atom stereocenters. The molecule has 0 saturated heterocycles. The minimum atomic E-state index is 0.160. The van der Waals surface area contributed by atoms with Crippen LogP contribution in [-0.4, -0.2) is 26.0 Å². The number of Topliss-reactive ketones (excluding diaryl/α,β-unsaturated/α-hetero) is 1. The van der Waals surface area contributed by atoms with Crippen molar-refractivity contribution in [1.29, 1.82) is 0 Å². The average molecular weight is 310 g/mol. The molecule has 1 heterocycles. The summed E-state index contributed by atoms with van der Waals surface area (Å²) in [4.78, 5) is 12.7. The molecule has 1 aromatic heterocycles. The first-order valence-electron chi connectivity index (χ1n) is 7.87. The Morgan fingerprint density at radius 2 is 2.14 bits per heavy atom. The van der Waals surface area contributed by atoms with Crippen molar-refractivity contribution in [3.63, 3.8) is 0 Å². The Morgan fingerprint density at radius 3 is 2.76 bits per heavy atom. The van der Waals surface area contributed by atoms with Gasteiger partial charge in [0.05, 0.1) is 15.6 Å². The van der Waals surface area contributed by atoms with Crippen molar-refractivity contribution in [2.45, 2.75) is 51.4 Å². The van der Waals surface area contributed by atoms with E-state index in [-0.39, 0.29) is 5.78 Å². The number of ether oxygens (including phenoxy) is 1. The zero-order valence-corrected chi connectivity index (χ0v) is 13.9. The molecule has 21 heavy (non-hydrogen) atoms. The lowest BCUT2D eigenvalue weighted by Crippen LogP contribution is -2.03. The van der Waals surface area contributed by atoms with Gasteiger partial charge in [-0.1, -0.05) is 6.92 Å². The number of hydrogen-bond acceptors (Lipinski definition) is 5. The molecule has 0 amide bonds. The fraction of sp³-hybridized carbons (Fsp3) is 0.688. The molecule has 1 aliphatic rings. The van der Waals surface area contributed by atoms with E-state index in [4.69, 9.17) is 10.5 Å². The van der Waals surface area contributed by atoms with E-state index in [1.165, 1.54) is 18.4 Å². The molecule has 3 N–H and O–H groups in total. The van der Waals surface area contributed by atoms with Gasteiger partial charge in [-0.3, -0.25) is 4.79 Å². The number of methoxy groups -OCH3 is 1. The third-order valence-corrected chi connectivity index (χ3v) is 5.07. The van der Waals surface area contributed by atoms with Gasteiger partial charge in [0.25, 0.3) is 0 Å². The molecule has 0 spiro atoms. The number of nitrogen functional groups attached to an aromatic ring is 1. The van der Waals surface area contributed by atoms with Gasteiger partial charge in [-0.25, -0.2) is 0 Å². The number of thiophene rings is 1. The first kappa shape index (κ1) is 16.3. The minimum Gasteiger partial charge on any atom is -0.397 e. The van der Waals surface area contributed by atoms with Crippen LogP contribution in [0.15, 0.2) is 0 Å². The molecule has 1 saturated carbocycles. The van der Waals surface area contributed by atoms with E-state index in [0.717, 1.165) is 48.0 Å². The number of carbonyl (C=O) groups is 1. The van der Waals surface area contributed by atoms with Crippen LogP contribution >= 0.6 is 11.3 Å². The number of ketones is 1. The fourth-order valence-corrected chi connectivity index (χ4v) is 3.73. The van der Waals surface area contributed by atoms with Crippen molar-refractivity contribution < 1.29 is 9.53 Å². The highest BCUT2D eigenvalue weighted by atomic mass is 32.1. The molecule has 0 bridgehead atoms. The highest BCUT2D eigenvalue weighted by Gasteiger charge is 2.32. The topological polar surface area (TPSA) is 64.3 Å². The van der Waals surface area contributed by atoms with E-state index in [2.05, 4.69) is 5.32 Å². The zero-order valence-electron chi connectivity index (χ0n) is 13.0. The molecule has 4 nitrogen and oxygen atoms in total. The second-order valence-corrected chi connectivity index (χ2v) is 6.64. The molecule has 1 aliphatic carbocycles. The van der Waals surface area contributed by atoms with Crippen LogP contribution in [-0.2, 0) is 4.74 Å². The van der Waals surface area contributed by atoms with Gasteiger partial charge >= 0.3 is 0 Å². The maximum atomic E-state index is 12.0. The van der Waals surface area contributed by atoms with Gasteiger partial charge in [-0.15, -0.1) is 11.3 Å². The number of hydrogen-bond donors (Lipinski definition) is 2. The molecule has 0 aromatic carbocycles. The summed E-state index contributed by atoms with van der Waals surface area (Å²) in [5.41, 5.74) is 8.16. The SMILES string of the molecule is CCC(=O)c1sc(NCCCCCOC)c(C2CC2)c1N. The van der Waals surface area contributed by atoms with Gasteiger partial charge in [0.1, 0.15) is 0 Å². The largest absolute Gasteiger partial charge is 0.397 e. The molecule has 2 rings (SSSR count). The maximum absolute atomic E-state index is 12.0. The smallest absolute Gasteiger partial charge is 0.174 e. The lowest BCUT2D eigenvalue weighted by Gasteiger charge is -2.07. The number of nitrogens with one attached hydrogen (secondary N) is 1. The zero-order chi connectivity index (χ0) is 15.2. The third kappa shape index (κ3) is 4.20. The van der Waals surface area contributed by atoms with Crippen molar-refractivity contribution >= 4 is 27.8 Å². The van der Waals surface area contributed by atoms with Gasteiger partial charge in [0.15, 0.2) is 5.78 Å². The van der Waals surface area contributed by atoms with Crippen LogP contribution in [0.2, 0.25) is 0 Å². The Kier molecular flexibility index (Phi) is 6.06. The van der Waals surface area contributed by atoms with Gasteiger partial charge < -0.3 is 15.8 Å². The number of anilines is 2. The monoisotopic (exact) mass is 310 g/mol. The lowest BCUT2D eigenvalue weighted by molar-refractivity contribution is 0.0993. The lowest BCUT2D eigenvalue weighted by atomic mass is 10.1. The minimum absolute atomic E-state index is 0.160. The molecular formula is C16H26N2O2S. The third-order valence-electron chi connectivity index (χ3n) is 3.85. The van der Waals surface area contributed by atoms with Gasteiger partial charge in [-0.2, -0.15) is 0 Å². The standard InChI is InChI=1S/C16H26N2O2S/c1-3-12(19)15-14(17)13(11-7-8-11)16(21-15)18-9-5-4-6-10-20-2/h11,18H,3-10,17H2,1-2H3. The molecular weight excluding hydrogens is 284 g/mol. The Morgan fingerprint density at radius 1 is 1.38 bits per heavy atom. The van der Waals surface area contributed by atoms with E-state index in [9.17, 15) is 4.79 Å². The first-order chi connectivity index (χ1) is 10.2. The summed E-state index contributed by atoms with van der Waals surface area (Å²) in [6.07, 6.45) is 6.28. The van der Waals surface area contributed by atoms with Crippen LogP contribution in [0.4, 0.5) is 10.7 Å². The maximum Gasteiger partial charge on any atom is 0.174 e. The second kappa shape index (κ2) is 7.80. The van der Waals surface area contributed by atoms with E-state index >= 15 is 0 Å². The quantitative estimate of drug-likeness (QED) is 0.506. The molecule has 118 valence electrons. The summed E-state index contributed by atoms with van der Waals surface area (Å²) in [5.74, 6) is 0.725. The van der Waals surface area contributed by atoms with Crippen LogP contribution in [0.1, 0.15) is 66.6 Å². The summed E-state index contributed by atoms with van der Waals surface area (Å²) in [7, 11) is 1.74. The first-order valence-corrected chi connectivity index (χ1v) is 8.68. The van der Waals surface area contributed by atoms with Crippen molar-refractivity contribution in [2.24, 2.45) is 0 Å². The number of unbranched alkanes of at least 4 members (excludes halogenated alkanes) is 2. The molecule has 5 heteroatoms. The van der Waals surface area contributed by atoms with E-state index in [0.29, 0.717) is 12.3 Å². The molecule has 1 fully saturated rings.